The molecular weight excluding hydrogens is 257 g/mol. The number of carboxylic acids is 1. The van der Waals surface area contributed by atoms with Crippen molar-refractivity contribution in [2.75, 3.05) is 0 Å². The van der Waals surface area contributed by atoms with E-state index in [-0.39, 0.29) is 11.9 Å². The molecule has 20 heavy (non-hydrogen) atoms. The number of hydrogen-bond acceptors (Lipinski definition) is 2. The van der Waals surface area contributed by atoms with Gasteiger partial charge in [0.2, 0.25) is 0 Å². The summed E-state index contributed by atoms with van der Waals surface area (Å²) in [6.45, 7) is 2.40. The molecule has 0 aliphatic carbocycles. The van der Waals surface area contributed by atoms with E-state index in [9.17, 15) is 9.18 Å². The minimum Gasteiger partial charge on any atom is -0.478 e. The Labute approximate surface area is 117 Å². The smallest absolute Gasteiger partial charge is 0.336 e. The number of benzene rings is 2. The van der Waals surface area contributed by atoms with Gasteiger partial charge in [0, 0.05) is 12.6 Å². The third-order valence-corrected chi connectivity index (χ3v) is 3.22. The molecule has 0 aromatic heterocycles. The lowest BCUT2D eigenvalue weighted by Crippen LogP contribution is -2.19. The van der Waals surface area contributed by atoms with Crippen LogP contribution in [0.1, 0.15) is 34.5 Å². The van der Waals surface area contributed by atoms with Crippen molar-refractivity contribution in [1.82, 2.24) is 5.32 Å². The summed E-state index contributed by atoms with van der Waals surface area (Å²) < 4.78 is 12.9. The first-order chi connectivity index (χ1) is 9.58. The molecule has 0 fully saturated rings. The molecule has 104 valence electrons. The minimum atomic E-state index is -0.933. The zero-order chi connectivity index (χ0) is 14.5. The van der Waals surface area contributed by atoms with E-state index in [1.165, 1.54) is 12.1 Å². The Morgan fingerprint density at radius 3 is 2.50 bits per heavy atom. The number of aromatic carboxylic acids is 1. The van der Waals surface area contributed by atoms with Gasteiger partial charge in [-0.05, 0) is 36.2 Å². The van der Waals surface area contributed by atoms with Gasteiger partial charge in [-0.2, -0.15) is 0 Å². The van der Waals surface area contributed by atoms with Gasteiger partial charge in [0.1, 0.15) is 5.82 Å². The third-order valence-electron chi connectivity index (χ3n) is 3.22. The van der Waals surface area contributed by atoms with Crippen LogP contribution in [-0.4, -0.2) is 11.1 Å². The highest BCUT2D eigenvalue weighted by atomic mass is 19.1. The fourth-order valence-electron chi connectivity index (χ4n) is 2.02. The molecule has 2 rings (SSSR count). The normalized spacial score (nSPS) is 12.1. The standard InChI is InChI=1S/C16H16FNO2/c1-11(12-6-8-14(17)9-7-12)18-10-13-4-2-3-5-15(13)16(19)20/h2-9,11,18H,10H2,1H3,(H,19,20). The maximum Gasteiger partial charge on any atom is 0.336 e. The highest BCUT2D eigenvalue weighted by Gasteiger charge is 2.10. The molecule has 0 heterocycles. The van der Waals surface area contributed by atoms with Crippen molar-refractivity contribution in [3.8, 4) is 0 Å². The second-order valence-corrected chi connectivity index (χ2v) is 4.62. The minimum absolute atomic E-state index is 0.0115. The lowest BCUT2D eigenvalue weighted by atomic mass is 10.1. The van der Waals surface area contributed by atoms with Crippen LogP contribution in [0.3, 0.4) is 0 Å². The molecule has 1 atom stereocenters. The summed E-state index contributed by atoms with van der Waals surface area (Å²) in [6, 6.07) is 13.2. The first-order valence-corrected chi connectivity index (χ1v) is 6.38. The molecule has 0 saturated heterocycles. The van der Waals surface area contributed by atoms with Gasteiger partial charge in [0.15, 0.2) is 0 Å². The molecule has 0 spiro atoms. The molecule has 0 amide bonds. The number of rotatable bonds is 5. The molecule has 0 radical (unpaired) electrons. The summed E-state index contributed by atoms with van der Waals surface area (Å²) in [7, 11) is 0. The number of hydrogen-bond donors (Lipinski definition) is 2. The van der Waals surface area contributed by atoms with Crippen LogP contribution in [0, 0.1) is 5.82 Å². The first-order valence-electron chi connectivity index (χ1n) is 6.38. The summed E-state index contributed by atoms with van der Waals surface area (Å²) in [4.78, 5) is 11.1. The SMILES string of the molecule is CC(NCc1ccccc1C(=O)O)c1ccc(F)cc1. The van der Waals surface area contributed by atoms with Gasteiger partial charge < -0.3 is 10.4 Å². The Kier molecular flexibility index (Phi) is 4.48. The molecule has 3 nitrogen and oxygen atoms in total. The van der Waals surface area contributed by atoms with E-state index < -0.39 is 5.97 Å². The second kappa shape index (κ2) is 6.30. The second-order valence-electron chi connectivity index (χ2n) is 4.62. The predicted octanol–water partition coefficient (Wildman–Crippen LogP) is 3.37. The quantitative estimate of drug-likeness (QED) is 0.878. The van der Waals surface area contributed by atoms with Gasteiger partial charge in [-0.15, -0.1) is 0 Å². The zero-order valence-electron chi connectivity index (χ0n) is 11.1. The van der Waals surface area contributed by atoms with Gasteiger partial charge in [-0.3, -0.25) is 0 Å². The molecule has 2 aromatic rings. The van der Waals surface area contributed by atoms with E-state index in [4.69, 9.17) is 5.11 Å². The van der Waals surface area contributed by atoms with E-state index in [1.54, 1.807) is 30.3 Å². The topological polar surface area (TPSA) is 49.3 Å². The van der Waals surface area contributed by atoms with Crippen molar-refractivity contribution < 1.29 is 14.3 Å². The average Bonchev–Trinajstić information content (AvgIpc) is 2.45. The Balaban J connectivity index is 2.05. The van der Waals surface area contributed by atoms with E-state index >= 15 is 0 Å². The predicted molar refractivity (Wildman–Crippen MR) is 75.1 cm³/mol. The van der Waals surface area contributed by atoms with E-state index in [0.717, 1.165) is 11.1 Å². The van der Waals surface area contributed by atoms with Crippen molar-refractivity contribution in [2.24, 2.45) is 0 Å². The monoisotopic (exact) mass is 273 g/mol. The Hall–Kier alpha value is -2.20. The average molecular weight is 273 g/mol. The van der Waals surface area contributed by atoms with Crippen LogP contribution >= 0.6 is 0 Å². The number of carboxylic acid groups (broad SMARTS) is 1. The maximum absolute atomic E-state index is 12.9. The third kappa shape index (κ3) is 3.42. The Morgan fingerprint density at radius 1 is 1.20 bits per heavy atom. The van der Waals surface area contributed by atoms with Crippen LogP contribution in [-0.2, 0) is 6.54 Å². The van der Waals surface area contributed by atoms with Crippen molar-refractivity contribution in [3.05, 3.63) is 71.0 Å². The van der Waals surface area contributed by atoms with Crippen LogP contribution in [0.15, 0.2) is 48.5 Å². The largest absolute Gasteiger partial charge is 0.478 e. The van der Waals surface area contributed by atoms with E-state index in [0.29, 0.717) is 12.1 Å². The Bertz CT molecular complexity index is 596. The zero-order valence-corrected chi connectivity index (χ0v) is 11.1. The summed E-state index contributed by atoms with van der Waals surface area (Å²) in [6.07, 6.45) is 0. The molecule has 1 unspecified atom stereocenters. The van der Waals surface area contributed by atoms with Crippen LogP contribution in [0.4, 0.5) is 4.39 Å². The molecule has 0 saturated carbocycles. The van der Waals surface area contributed by atoms with Gasteiger partial charge >= 0.3 is 5.97 Å². The maximum atomic E-state index is 12.9. The van der Waals surface area contributed by atoms with E-state index in [2.05, 4.69) is 5.32 Å². The highest BCUT2D eigenvalue weighted by Crippen LogP contribution is 2.15. The highest BCUT2D eigenvalue weighted by molar-refractivity contribution is 5.89. The van der Waals surface area contributed by atoms with Crippen LogP contribution in [0.25, 0.3) is 0 Å². The summed E-state index contributed by atoms with van der Waals surface area (Å²) in [5.41, 5.74) is 1.99. The fourth-order valence-corrected chi connectivity index (χ4v) is 2.02. The summed E-state index contributed by atoms with van der Waals surface area (Å²) in [5.74, 6) is -1.20. The first kappa shape index (κ1) is 14.2. The molecule has 2 aromatic carbocycles. The Morgan fingerprint density at radius 2 is 1.85 bits per heavy atom. The fraction of sp³-hybridized carbons (Fsp3) is 0.188. The van der Waals surface area contributed by atoms with Crippen molar-refractivity contribution in [1.29, 1.82) is 0 Å². The van der Waals surface area contributed by atoms with Gasteiger partial charge in [0.05, 0.1) is 5.56 Å². The van der Waals surface area contributed by atoms with Gasteiger partial charge in [-0.25, -0.2) is 9.18 Å². The van der Waals surface area contributed by atoms with Crippen molar-refractivity contribution in [3.63, 3.8) is 0 Å². The molecular formula is C16H16FNO2. The van der Waals surface area contributed by atoms with Gasteiger partial charge in [-0.1, -0.05) is 30.3 Å². The number of nitrogens with one attached hydrogen (secondary N) is 1. The van der Waals surface area contributed by atoms with E-state index in [1.807, 2.05) is 13.0 Å². The molecule has 0 aliphatic heterocycles. The molecule has 2 N–H and O–H groups in total. The van der Waals surface area contributed by atoms with Crippen molar-refractivity contribution in [2.45, 2.75) is 19.5 Å². The summed E-state index contributed by atoms with van der Waals surface area (Å²) >= 11 is 0. The summed E-state index contributed by atoms with van der Waals surface area (Å²) in [5, 5.41) is 12.4. The molecule has 0 bridgehead atoms. The number of carbonyl (C=O) groups is 1. The van der Waals surface area contributed by atoms with Gasteiger partial charge in [0.25, 0.3) is 0 Å². The van der Waals surface area contributed by atoms with Crippen LogP contribution in [0.5, 0.6) is 0 Å². The lowest BCUT2D eigenvalue weighted by Gasteiger charge is -2.15. The number of halogens is 1. The van der Waals surface area contributed by atoms with Crippen LogP contribution in [0.2, 0.25) is 0 Å². The molecule has 0 aliphatic rings. The van der Waals surface area contributed by atoms with Crippen LogP contribution < -0.4 is 5.32 Å². The van der Waals surface area contributed by atoms with Crippen molar-refractivity contribution >= 4 is 5.97 Å². The lowest BCUT2D eigenvalue weighted by molar-refractivity contribution is 0.0695. The molecule has 4 heteroatoms.